The van der Waals surface area contributed by atoms with Crippen LogP contribution in [0.1, 0.15) is 71.6 Å². The summed E-state index contributed by atoms with van der Waals surface area (Å²) in [5, 5.41) is 0. The largest absolute Gasteiger partial charge is 0.511 e. The second-order valence-corrected chi connectivity index (χ2v) is 8.27. The van der Waals surface area contributed by atoms with E-state index >= 15 is 0 Å². The third kappa shape index (κ3) is 11.8. The minimum Gasteiger partial charge on any atom is -0.448 e. The van der Waals surface area contributed by atoms with Gasteiger partial charge in [-0.15, -0.1) is 0 Å². The summed E-state index contributed by atoms with van der Waals surface area (Å²) in [5.74, 6) is -1.77. The number of carbonyl (C=O) groups is 6. The molecule has 3 aliphatic rings. The second-order valence-electron chi connectivity index (χ2n) is 8.27. The number of hydrogen-bond acceptors (Lipinski definition) is 14. The molecule has 0 aliphatic carbocycles. The smallest absolute Gasteiger partial charge is 0.448 e. The summed E-state index contributed by atoms with van der Waals surface area (Å²) in [6.45, 7) is 2.86. The van der Waals surface area contributed by atoms with Crippen LogP contribution in [0.15, 0.2) is 0 Å². The predicted octanol–water partition coefficient (Wildman–Crippen LogP) is 2.43. The van der Waals surface area contributed by atoms with Gasteiger partial charge < -0.3 is 37.9 Å². The fraction of sp³-hybridized carbons (Fsp3) is 0.739. The first-order chi connectivity index (χ1) is 17.6. The molecule has 14 nitrogen and oxygen atoms in total. The Morgan fingerprint density at radius 1 is 0.676 bits per heavy atom. The Balaban J connectivity index is 0.000000402. The standard InChI is InChI=1S/C17H24O10.C6H8O4/c18-12-6-1-3-8-14(24-12)26-16(20)22-10-5-11-23-17(21)27-15-9-4-2-7-13(19)25-15;1-3-5(7)10-4(2)6(8)9-3/h14-15H,1-11H2;3-4H,1-2H3. The average molecular weight is 532 g/mol. The van der Waals surface area contributed by atoms with Crippen LogP contribution in [-0.2, 0) is 57.1 Å². The Morgan fingerprint density at radius 3 is 1.49 bits per heavy atom. The van der Waals surface area contributed by atoms with Crippen molar-refractivity contribution in [3.63, 3.8) is 0 Å². The number of rotatable bonds is 6. The Kier molecular flexibility index (Phi) is 12.4. The second kappa shape index (κ2) is 15.5. The van der Waals surface area contributed by atoms with Crippen LogP contribution < -0.4 is 0 Å². The zero-order valence-corrected chi connectivity index (χ0v) is 20.8. The van der Waals surface area contributed by atoms with Crippen molar-refractivity contribution >= 4 is 36.2 Å². The molecule has 0 aromatic carbocycles. The topological polar surface area (TPSA) is 176 Å². The van der Waals surface area contributed by atoms with E-state index in [2.05, 4.69) is 9.47 Å². The van der Waals surface area contributed by atoms with Gasteiger partial charge in [0.2, 0.25) is 0 Å². The van der Waals surface area contributed by atoms with Gasteiger partial charge in [-0.2, -0.15) is 0 Å². The molecule has 3 fully saturated rings. The van der Waals surface area contributed by atoms with E-state index in [0.717, 1.165) is 12.8 Å². The predicted molar refractivity (Wildman–Crippen MR) is 117 cm³/mol. The van der Waals surface area contributed by atoms with E-state index in [0.29, 0.717) is 38.5 Å². The first kappa shape index (κ1) is 29.6. The number of cyclic esters (lactones) is 4. The molecule has 0 saturated carbocycles. The lowest BCUT2D eigenvalue weighted by molar-refractivity contribution is -0.191. The van der Waals surface area contributed by atoms with Crippen LogP contribution in [0.2, 0.25) is 0 Å². The molecule has 37 heavy (non-hydrogen) atoms. The van der Waals surface area contributed by atoms with E-state index in [4.69, 9.17) is 28.4 Å². The fourth-order valence-electron chi connectivity index (χ4n) is 3.14. The number of esters is 4. The van der Waals surface area contributed by atoms with Crippen molar-refractivity contribution in [2.75, 3.05) is 13.2 Å². The van der Waals surface area contributed by atoms with Gasteiger partial charge in [-0.05, 0) is 39.5 Å². The lowest BCUT2D eigenvalue weighted by Crippen LogP contribution is -2.40. The van der Waals surface area contributed by atoms with E-state index in [1.165, 1.54) is 13.8 Å². The van der Waals surface area contributed by atoms with Gasteiger partial charge in [0, 0.05) is 32.1 Å². The van der Waals surface area contributed by atoms with Crippen molar-refractivity contribution in [1.82, 2.24) is 0 Å². The van der Waals surface area contributed by atoms with Crippen LogP contribution in [0.5, 0.6) is 0 Å². The summed E-state index contributed by atoms with van der Waals surface area (Å²) < 4.78 is 38.6. The molecule has 3 saturated heterocycles. The lowest BCUT2D eigenvalue weighted by atomic mass is 10.2. The minimum absolute atomic E-state index is 0.0504. The molecule has 3 rings (SSSR count). The minimum atomic E-state index is -0.956. The SMILES string of the molecule is CC1OC(=O)C(C)OC1=O.O=C1CCCCC(OC(=O)OCCCOC(=O)OC2CCCCC(=O)O2)O1. The first-order valence-electron chi connectivity index (χ1n) is 12.1. The molecule has 0 radical (unpaired) electrons. The van der Waals surface area contributed by atoms with Crippen molar-refractivity contribution in [2.24, 2.45) is 0 Å². The zero-order valence-electron chi connectivity index (χ0n) is 20.8. The van der Waals surface area contributed by atoms with Crippen LogP contribution >= 0.6 is 0 Å². The normalized spacial score (nSPS) is 25.8. The van der Waals surface area contributed by atoms with Crippen molar-refractivity contribution in [3.05, 3.63) is 0 Å². The molecule has 14 heteroatoms. The van der Waals surface area contributed by atoms with Gasteiger partial charge in [0.15, 0.2) is 12.2 Å². The van der Waals surface area contributed by atoms with Gasteiger partial charge in [0.25, 0.3) is 12.6 Å². The highest BCUT2D eigenvalue weighted by molar-refractivity contribution is 5.86. The molecule has 0 aromatic rings. The monoisotopic (exact) mass is 532 g/mol. The number of hydrogen-bond donors (Lipinski definition) is 0. The van der Waals surface area contributed by atoms with Crippen molar-refractivity contribution in [2.45, 2.75) is 96.4 Å². The molecule has 4 atom stereocenters. The summed E-state index contributed by atoms with van der Waals surface area (Å²) in [6, 6.07) is 0. The fourth-order valence-corrected chi connectivity index (χ4v) is 3.14. The maximum atomic E-state index is 11.5. The third-order valence-electron chi connectivity index (χ3n) is 5.10. The van der Waals surface area contributed by atoms with Crippen LogP contribution in [-0.4, -0.2) is 74.2 Å². The maximum Gasteiger partial charge on any atom is 0.511 e. The number of ether oxygens (including phenoxy) is 8. The molecule has 3 heterocycles. The number of carbonyl (C=O) groups excluding carboxylic acids is 6. The van der Waals surface area contributed by atoms with Gasteiger partial charge in [-0.25, -0.2) is 19.2 Å². The molecule has 0 aromatic heterocycles. The lowest BCUT2D eigenvalue weighted by Gasteiger charge is -2.22. The summed E-state index contributed by atoms with van der Waals surface area (Å²) in [7, 11) is 0. The Hall–Kier alpha value is -3.58. The highest BCUT2D eigenvalue weighted by Crippen LogP contribution is 2.17. The van der Waals surface area contributed by atoms with E-state index in [1.807, 2.05) is 0 Å². The van der Waals surface area contributed by atoms with Crippen molar-refractivity contribution in [1.29, 1.82) is 0 Å². The quantitative estimate of drug-likeness (QED) is 0.277. The van der Waals surface area contributed by atoms with Gasteiger partial charge >= 0.3 is 36.2 Å². The van der Waals surface area contributed by atoms with E-state index in [9.17, 15) is 28.8 Å². The van der Waals surface area contributed by atoms with Crippen LogP contribution in [0, 0.1) is 0 Å². The van der Waals surface area contributed by atoms with Crippen molar-refractivity contribution in [3.8, 4) is 0 Å². The van der Waals surface area contributed by atoms with Crippen LogP contribution in [0.4, 0.5) is 9.59 Å². The van der Waals surface area contributed by atoms with Gasteiger partial charge in [-0.3, -0.25) is 9.59 Å². The maximum absolute atomic E-state index is 11.5. The highest BCUT2D eigenvalue weighted by Gasteiger charge is 2.32. The van der Waals surface area contributed by atoms with Crippen molar-refractivity contribution < 1.29 is 66.7 Å². The third-order valence-corrected chi connectivity index (χ3v) is 5.10. The van der Waals surface area contributed by atoms with E-state index in [-0.39, 0.29) is 19.6 Å². The van der Waals surface area contributed by atoms with Gasteiger partial charge in [0.1, 0.15) is 0 Å². The summed E-state index contributed by atoms with van der Waals surface area (Å²) in [6.07, 6.45) is -0.735. The summed E-state index contributed by atoms with van der Waals surface area (Å²) in [4.78, 5) is 66.9. The molecule has 3 aliphatic heterocycles. The molecule has 208 valence electrons. The molecule has 0 spiro atoms. The molecule has 4 unspecified atom stereocenters. The Bertz CT molecular complexity index is 758. The summed E-state index contributed by atoms with van der Waals surface area (Å²) >= 11 is 0. The zero-order chi connectivity index (χ0) is 27.2. The molecule has 0 N–H and O–H groups in total. The molecule has 0 bridgehead atoms. The summed E-state index contributed by atoms with van der Waals surface area (Å²) in [5.41, 5.74) is 0. The van der Waals surface area contributed by atoms with Crippen LogP contribution in [0.25, 0.3) is 0 Å². The first-order valence-corrected chi connectivity index (χ1v) is 12.1. The van der Waals surface area contributed by atoms with E-state index < -0.39 is 61.0 Å². The van der Waals surface area contributed by atoms with Gasteiger partial charge in [0.05, 0.1) is 13.2 Å². The molecular weight excluding hydrogens is 500 g/mol. The Labute approximate surface area is 213 Å². The molecular formula is C23H32O14. The van der Waals surface area contributed by atoms with Gasteiger partial charge in [-0.1, -0.05) is 0 Å². The highest BCUT2D eigenvalue weighted by atomic mass is 16.8. The average Bonchev–Trinajstić information content (AvgIpc) is 3.16. The molecule has 0 amide bonds. The Morgan fingerprint density at radius 2 is 1.08 bits per heavy atom. The van der Waals surface area contributed by atoms with E-state index in [1.54, 1.807) is 0 Å². The van der Waals surface area contributed by atoms with Crippen LogP contribution in [0.3, 0.4) is 0 Å².